The van der Waals surface area contributed by atoms with Gasteiger partial charge in [-0.05, 0) is 49.9 Å². The number of para-hydroxylation sites is 1. The maximum atomic E-state index is 13.0. The van der Waals surface area contributed by atoms with Crippen molar-refractivity contribution >= 4 is 29.1 Å². The average molecular weight is 393 g/mol. The van der Waals surface area contributed by atoms with Gasteiger partial charge in [-0.3, -0.25) is 9.59 Å². The highest BCUT2D eigenvalue weighted by Crippen LogP contribution is 2.25. The lowest BCUT2D eigenvalue weighted by Gasteiger charge is -2.29. The van der Waals surface area contributed by atoms with Crippen LogP contribution in [0.25, 0.3) is 0 Å². The largest absolute Gasteiger partial charge is 0.458 e. The number of likely N-dealkylation sites (tertiary alicyclic amines) is 1. The third-order valence-electron chi connectivity index (χ3n) is 4.88. The fraction of sp³-hybridized carbons (Fsp3) is 0.348. The zero-order valence-corrected chi connectivity index (χ0v) is 17.0. The third-order valence-corrected chi connectivity index (χ3v) is 4.88. The number of rotatable bonds is 5. The molecule has 2 aromatic carbocycles. The molecule has 0 atom stereocenters. The monoisotopic (exact) mass is 393 g/mol. The molecule has 6 heteroatoms. The maximum Gasteiger partial charge on any atom is 0.303 e. The maximum absolute atomic E-state index is 13.0. The normalized spacial score (nSPS) is 14.4. The number of carbonyl (C=O) groups is 2. The van der Waals surface area contributed by atoms with E-state index >= 15 is 0 Å². The average Bonchev–Trinajstić information content (AvgIpc) is 2.72. The lowest BCUT2D eigenvalue weighted by Crippen LogP contribution is -2.38. The van der Waals surface area contributed by atoms with E-state index in [0.29, 0.717) is 17.1 Å². The van der Waals surface area contributed by atoms with Gasteiger partial charge in [-0.1, -0.05) is 30.3 Å². The van der Waals surface area contributed by atoms with Crippen molar-refractivity contribution in [3.8, 4) is 0 Å². The summed E-state index contributed by atoms with van der Waals surface area (Å²) in [7, 11) is 0. The Balaban J connectivity index is 1.93. The number of amides is 1. The van der Waals surface area contributed by atoms with E-state index in [1.54, 1.807) is 0 Å². The van der Waals surface area contributed by atoms with Gasteiger partial charge in [-0.2, -0.15) is 0 Å². The van der Waals surface area contributed by atoms with Crippen molar-refractivity contribution in [3.63, 3.8) is 0 Å². The van der Waals surface area contributed by atoms with Crippen LogP contribution in [-0.4, -0.2) is 42.3 Å². The van der Waals surface area contributed by atoms with E-state index in [9.17, 15) is 9.59 Å². The number of amidine groups is 1. The van der Waals surface area contributed by atoms with Crippen LogP contribution in [0, 0.1) is 6.92 Å². The number of nitrogens with one attached hydrogen (secondary N) is 1. The number of nitrogens with zero attached hydrogens (tertiary/aromatic N) is 2. The molecule has 1 aliphatic heterocycles. The Morgan fingerprint density at radius 2 is 1.76 bits per heavy atom. The molecule has 1 N–H and O–H groups in total. The first kappa shape index (κ1) is 20.6. The molecule has 0 radical (unpaired) electrons. The molecule has 0 aromatic heterocycles. The van der Waals surface area contributed by atoms with E-state index in [0.717, 1.165) is 37.2 Å². The molecule has 1 fully saturated rings. The number of esters is 1. The molecule has 152 valence electrons. The summed E-state index contributed by atoms with van der Waals surface area (Å²) in [5.41, 5.74) is 2.66. The minimum atomic E-state index is -0.346. The highest BCUT2D eigenvalue weighted by molar-refractivity contribution is 6.09. The molecule has 29 heavy (non-hydrogen) atoms. The van der Waals surface area contributed by atoms with Crippen LogP contribution in [0.15, 0.2) is 53.5 Å². The van der Waals surface area contributed by atoms with Gasteiger partial charge in [-0.25, -0.2) is 4.99 Å². The molecule has 2 aromatic rings. The molecule has 0 spiro atoms. The van der Waals surface area contributed by atoms with Gasteiger partial charge in [-0.15, -0.1) is 0 Å². The number of benzene rings is 2. The smallest absolute Gasteiger partial charge is 0.303 e. The summed E-state index contributed by atoms with van der Waals surface area (Å²) < 4.78 is 5.24. The zero-order chi connectivity index (χ0) is 20.6. The standard InChI is InChI=1S/C23H27N3O3/c1-17-10-9-13-20(22(17)23(28)24-19-11-5-3-6-12-19)25-21(16-29-18(2)27)26-14-7-4-8-15-26/h3,5-6,9-13H,4,7-8,14-16H2,1-2H3,(H,24,28). The molecular weight excluding hydrogens is 366 g/mol. The second-order valence-corrected chi connectivity index (χ2v) is 7.15. The van der Waals surface area contributed by atoms with E-state index in [1.807, 2.05) is 55.5 Å². The Hall–Kier alpha value is -3.15. The fourth-order valence-electron chi connectivity index (χ4n) is 3.41. The van der Waals surface area contributed by atoms with Gasteiger partial charge >= 0.3 is 5.97 Å². The van der Waals surface area contributed by atoms with Crippen LogP contribution in [0.5, 0.6) is 0 Å². The minimum absolute atomic E-state index is 0.100. The number of hydrogen-bond donors (Lipinski definition) is 1. The van der Waals surface area contributed by atoms with Crippen LogP contribution in [0.2, 0.25) is 0 Å². The molecule has 6 nitrogen and oxygen atoms in total. The summed E-state index contributed by atoms with van der Waals surface area (Å²) in [6, 6.07) is 14.9. The van der Waals surface area contributed by atoms with E-state index in [2.05, 4.69) is 10.2 Å². The predicted molar refractivity (Wildman–Crippen MR) is 115 cm³/mol. The lowest BCUT2D eigenvalue weighted by atomic mass is 10.1. The van der Waals surface area contributed by atoms with Gasteiger partial charge in [0.05, 0.1) is 11.3 Å². The molecule has 1 saturated heterocycles. The van der Waals surface area contributed by atoms with Gasteiger partial charge in [0.2, 0.25) is 0 Å². The molecule has 0 aliphatic carbocycles. The molecule has 3 rings (SSSR count). The Morgan fingerprint density at radius 1 is 1.03 bits per heavy atom. The van der Waals surface area contributed by atoms with Crippen LogP contribution in [0.3, 0.4) is 0 Å². The summed E-state index contributed by atoms with van der Waals surface area (Å²) in [5.74, 6) is 0.124. The Morgan fingerprint density at radius 3 is 2.45 bits per heavy atom. The predicted octanol–water partition coefficient (Wildman–Crippen LogP) is 4.33. The van der Waals surface area contributed by atoms with E-state index in [4.69, 9.17) is 9.73 Å². The molecule has 1 aliphatic rings. The first-order valence-electron chi connectivity index (χ1n) is 9.96. The van der Waals surface area contributed by atoms with Crippen molar-refractivity contribution in [2.45, 2.75) is 33.1 Å². The van der Waals surface area contributed by atoms with Gasteiger partial charge in [0, 0.05) is 25.7 Å². The number of aryl methyl sites for hydroxylation is 1. The fourth-order valence-corrected chi connectivity index (χ4v) is 3.41. The zero-order valence-electron chi connectivity index (χ0n) is 17.0. The molecular formula is C23H27N3O3. The first-order valence-corrected chi connectivity index (χ1v) is 9.96. The topological polar surface area (TPSA) is 71.0 Å². The molecule has 1 heterocycles. The second kappa shape index (κ2) is 9.87. The van der Waals surface area contributed by atoms with Gasteiger partial charge in [0.1, 0.15) is 12.4 Å². The molecule has 0 saturated carbocycles. The van der Waals surface area contributed by atoms with Gasteiger partial charge < -0.3 is 15.0 Å². The van der Waals surface area contributed by atoms with E-state index < -0.39 is 0 Å². The Bertz CT molecular complexity index is 887. The van der Waals surface area contributed by atoms with Crippen LogP contribution in [-0.2, 0) is 9.53 Å². The van der Waals surface area contributed by atoms with E-state index in [-0.39, 0.29) is 18.5 Å². The summed E-state index contributed by atoms with van der Waals surface area (Å²) >= 11 is 0. The lowest BCUT2D eigenvalue weighted by molar-refractivity contribution is -0.139. The van der Waals surface area contributed by atoms with Crippen LogP contribution < -0.4 is 5.32 Å². The summed E-state index contributed by atoms with van der Waals surface area (Å²) in [4.78, 5) is 31.3. The van der Waals surface area contributed by atoms with Gasteiger partial charge in [0.25, 0.3) is 5.91 Å². The van der Waals surface area contributed by atoms with Crippen LogP contribution >= 0.6 is 0 Å². The number of piperidine rings is 1. The molecule has 0 unspecified atom stereocenters. The van der Waals surface area contributed by atoms with Crippen LogP contribution in [0.1, 0.15) is 42.1 Å². The van der Waals surface area contributed by atoms with Crippen molar-refractivity contribution in [2.24, 2.45) is 4.99 Å². The van der Waals surface area contributed by atoms with E-state index in [1.165, 1.54) is 13.3 Å². The summed E-state index contributed by atoms with van der Waals surface area (Å²) in [5, 5.41) is 2.94. The first-order chi connectivity index (χ1) is 14.0. The Labute approximate surface area is 171 Å². The Kier molecular flexibility index (Phi) is 7.00. The number of hydrogen-bond acceptors (Lipinski definition) is 4. The third kappa shape index (κ3) is 5.67. The molecule has 1 amide bonds. The minimum Gasteiger partial charge on any atom is -0.458 e. The van der Waals surface area contributed by atoms with Crippen molar-refractivity contribution in [3.05, 3.63) is 59.7 Å². The molecule has 0 bridgehead atoms. The number of aliphatic imine (C=N–C) groups is 1. The number of carbonyl (C=O) groups excluding carboxylic acids is 2. The highest BCUT2D eigenvalue weighted by Gasteiger charge is 2.19. The summed E-state index contributed by atoms with van der Waals surface area (Å²) in [6.45, 7) is 5.13. The number of ether oxygens (including phenoxy) is 1. The summed E-state index contributed by atoms with van der Waals surface area (Å²) in [6.07, 6.45) is 3.34. The SMILES string of the molecule is CC(=O)OCC(=Nc1cccc(C)c1C(=O)Nc1ccccc1)N1CCCCC1. The van der Waals surface area contributed by atoms with Crippen molar-refractivity contribution < 1.29 is 14.3 Å². The van der Waals surface area contributed by atoms with Crippen LogP contribution in [0.4, 0.5) is 11.4 Å². The van der Waals surface area contributed by atoms with Crippen molar-refractivity contribution in [2.75, 3.05) is 25.0 Å². The number of anilines is 1. The highest BCUT2D eigenvalue weighted by atomic mass is 16.5. The van der Waals surface area contributed by atoms with Crippen molar-refractivity contribution in [1.82, 2.24) is 4.90 Å². The second-order valence-electron chi connectivity index (χ2n) is 7.15. The van der Waals surface area contributed by atoms with Gasteiger partial charge in [0.15, 0.2) is 0 Å². The van der Waals surface area contributed by atoms with Crippen molar-refractivity contribution in [1.29, 1.82) is 0 Å². The quantitative estimate of drug-likeness (QED) is 0.466.